The first-order chi connectivity index (χ1) is 10.1. The van der Waals surface area contributed by atoms with Crippen molar-refractivity contribution in [2.45, 2.75) is 0 Å². The van der Waals surface area contributed by atoms with Crippen LogP contribution in [0.4, 0.5) is 4.39 Å². The summed E-state index contributed by atoms with van der Waals surface area (Å²) in [7, 11) is 1.27. The van der Waals surface area contributed by atoms with Crippen LogP contribution in [0.25, 0.3) is 16.8 Å². The largest absolute Gasteiger partial charge is 0.465 e. The van der Waals surface area contributed by atoms with E-state index in [1.807, 2.05) is 0 Å². The maximum atomic E-state index is 13.0. The molecule has 0 unspecified atom stereocenters. The third kappa shape index (κ3) is 2.20. The number of methoxy groups -OCH3 is 1. The van der Waals surface area contributed by atoms with Crippen molar-refractivity contribution in [3.05, 3.63) is 64.4 Å². The van der Waals surface area contributed by atoms with Crippen molar-refractivity contribution in [2.75, 3.05) is 7.11 Å². The highest BCUT2D eigenvalue weighted by Crippen LogP contribution is 2.19. The number of carbonyl (C=O) groups excluding carboxylic acids is 1. The molecular weight excluding hydrogens is 277 g/mol. The first kappa shape index (κ1) is 13.1. The van der Waals surface area contributed by atoms with Crippen LogP contribution < -0.4 is 5.76 Å². The van der Waals surface area contributed by atoms with E-state index >= 15 is 0 Å². The summed E-state index contributed by atoms with van der Waals surface area (Å²) in [6.45, 7) is 0. The topological polar surface area (TPSA) is 61.4 Å². The molecule has 106 valence electrons. The lowest BCUT2D eigenvalue weighted by atomic mass is 10.2. The van der Waals surface area contributed by atoms with E-state index in [0.29, 0.717) is 22.4 Å². The molecule has 1 aromatic heterocycles. The number of nitrogens with zero attached hydrogens (tertiary/aromatic N) is 1. The maximum Gasteiger partial charge on any atom is 0.424 e. The molecular formula is C15H10FNO4. The number of fused-ring (bicyclic) bond motifs is 1. The van der Waals surface area contributed by atoms with E-state index < -0.39 is 17.5 Å². The number of esters is 1. The molecule has 0 atom stereocenters. The van der Waals surface area contributed by atoms with Gasteiger partial charge in [0.1, 0.15) is 5.82 Å². The van der Waals surface area contributed by atoms with Crippen molar-refractivity contribution < 1.29 is 18.3 Å². The van der Waals surface area contributed by atoms with Crippen LogP contribution >= 0.6 is 0 Å². The Morgan fingerprint density at radius 3 is 2.57 bits per heavy atom. The lowest BCUT2D eigenvalue weighted by molar-refractivity contribution is 0.0601. The molecule has 0 bridgehead atoms. The molecule has 0 aliphatic rings. The van der Waals surface area contributed by atoms with E-state index in [2.05, 4.69) is 4.74 Å². The molecule has 3 rings (SSSR count). The van der Waals surface area contributed by atoms with E-state index in [0.717, 1.165) is 0 Å². The molecule has 0 aliphatic carbocycles. The number of oxazole rings is 1. The molecule has 0 amide bonds. The van der Waals surface area contributed by atoms with E-state index in [1.54, 1.807) is 0 Å². The van der Waals surface area contributed by atoms with Gasteiger partial charge in [-0.2, -0.15) is 0 Å². The van der Waals surface area contributed by atoms with Gasteiger partial charge in [-0.05, 0) is 42.5 Å². The number of carbonyl (C=O) groups is 1. The number of hydrogen-bond donors (Lipinski definition) is 0. The Balaban J connectivity index is 2.26. The summed E-state index contributed by atoms with van der Waals surface area (Å²) in [5.41, 5.74) is 1.48. The number of ether oxygens (including phenoxy) is 1. The molecule has 0 aliphatic heterocycles. The van der Waals surface area contributed by atoms with Crippen LogP contribution in [0, 0.1) is 5.82 Å². The van der Waals surface area contributed by atoms with E-state index in [4.69, 9.17) is 4.42 Å². The zero-order valence-electron chi connectivity index (χ0n) is 11.0. The van der Waals surface area contributed by atoms with Crippen molar-refractivity contribution in [3.8, 4) is 5.69 Å². The summed E-state index contributed by atoms with van der Waals surface area (Å²) in [5.74, 6) is -1.54. The fraction of sp³-hybridized carbons (Fsp3) is 0.0667. The highest BCUT2D eigenvalue weighted by molar-refractivity contribution is 5.93. The lowest BCUT2D eigenvalue weighted by Crippen LogP contribution is -2.11. The first-order valence-corrected chi connectivity index (χ1v) is 6.10. The second-order valence-corrected chi connectivity index (χ2v) is 4.35. The van der Waals surface area contributed by atoms with Crippen LogP contribution in [-0.4, -0.2) is 17.6 Å². The molecule has 1 heterocycles. The smallest absolute Gasteiger partial charge is 0.424 e. The summed E-state index contributed by atoms with van der Waals surface area (Å²) >= 11 is 0. The quantitative estimate of drug-likeness (QED) is 0.679. The van der Waals surface area contributed by atoms with Gasteiger partial charge in [0, 0.05) is 0 Å². The SMILES string of the molecule is COC(=O)c1ccc2oc(=O)n(-c3ccc(F)cc3)c2c1. The predicted molar refractivity (Wildman–Crippen MR) is 73.1 cm³/mol. The minimum absolute atomic E-state index is 0.293. The molecule has 0 spiro atoms. The third-order valence-electron chi connectivity index (χ3n) is 3.09. The highest BCUT2D eigenvalue weighted by atomic mass is 19.1. The second kappa shape index (κ2) is 4.90. The molecule has 0 fully saturated rings. The van der Waals surface area contributed by atoms with Crippen LogP contribution in [0.2, 0.25) is 0 Å². The molecule has 5 nitrogen and oxygen atoms in total. The first-order valence-electron chi connectivity index (χ1n) is 6.10. The van der Waals surface area contributed by atoms with Gasteiger partial charge in [-0.25, -0.2) is 18.5 Å². The average Bonchev–Trinajstić information content (AvgIpc) is 2.82. The molecule has 2 aromatic carbocycles. The van der Waals surface area contributed by atoms with Crippen molar-refractivity contribution in [1.29, 1.82) is 0 Å². The van der Waals surface area contributed by atoms with Gasteiger partial charge in [-0.1, -0.05) is 0 Å². The minimum Gasteiger partial charge on any atom is -0.465 e. The molecule has 0 N–H and O–H groups in total. The van der Waals surface area contributed by atoms with Crippen LogP contribution in [-0.2, 0) is 4.74 Å². The zero-order valence-corrected chi connectivity index (χ0v) is 11.0. The number of hydrogen-bond acceptors (Lipinski definition) is 4. The van der Waals surface area contributed by atoms with Crippen molar-refractivity contribution in [3.63, 3.8) is 0 Å². The van der Waals surface area contributed by atoms with Crippen molar-refractivity contribution in [2.24, 2.45) is 0 Å². The van der Waals surface area contributed by atoms with Crippen LogP contribution in [0.5, 0.6) is 0 Å². The monoisotopic (exact) mass is 287 g/mol. The average molecular weight is 287 g/mol. The lowest BCUT2D eigenvalue weighted by Gasteiger charge is -2.03. The Bertz CT molecular complexity index is 877. The second-order valence-electron chi connectivity index (χ2n) is 4.35. The number of halogens is 1. The van der Waals surface area contributed by atoms with Crippen LogP contribution in [0.3, 0.4) is 0 Å². The van der Waals surface area contributed by atoms with Gasteiger partial charge in [0.15, 0.2) is 5.58 Å². The Kier molecular flexibility index (Phi) is 3.06. The van der Waals surface area contributed by atoms with Crippen LogP contribution in [0.1, 0.15) is 10.4 Å². The Hall–Kier alpha value is -2.89. The van der Waals surface area contributed by atoms with Gasteiger partial charge in [0.05, 0.1) is 23.9 Å². The van der Waals surface area contributed by atoms with Gasteiger partial charge in [0.25, 0.3) is 0 Å². The summed E-state index contributed by atoms with van der Waals surface area (Å²) < 4.78 is 24.0. The molecule has 3 aromatic rings. The fourth-order valence-electron chi connectivity index (χ4n) is 2.10. The molecule has 0 saturated heterocycles. The minimum atomic E-state index is -0.612. The molecule has 0 radical (unpaired) electrons. The van der Waals surface area contributed by atoms with Crippen molar-refractivity contribution >= 4 is 17.1 Å². The predicted octanol–water partition coefficient (Wildman–Crippen LogP) is 2.51. The molecule has 6 heteroatoms. The third-order valence-corrected chi connectivity index (χ3v) is 3.09. The van der Waals surface area contributed by atoms with Gasteiger partial charge in [0.2, 0.25) is 0 Å². The van der Waals surface area contributed by atoms with Gasteiger partial charge in [-0.3, -0.25) is 0 Å². The summed E-state index contributed by atoms with van der Waals surface area (Å²) in [4.78, 5) is 23.5. The maximum absolute atomic E-state index is 13.0. The summed E-state index contributed by atoms with van der Waals surface area (Å²) in [6.07, 6.45) is 0. The van der Waals surface area contributed by atoms with Gasteiger partial charge >= 0.3 is 11.7 Å². The Morgan fingerprint density at radius 2 is 1.90 bits per heavy atom. The molecule has 21 heavy (non-hydrogen) atoms. The van der Waals surface area contributed by atoms with E-state index in [-0.39, 0.29) is 0 Å². The zero-order chi connectivity index (χ0) is 15.0. The fourth-order valence-corrected chi connectivity index (χ4v) is 2.10. The Morgan fingerprint density at radius 1 is 1.19 bits per heavy atom. The number of benzene rings is 2. The normalized spacial score (nSPS) is 10.8. The Labute approximate surface area is 118 Å². The highest BCUT2D eigenvalue weighted by Gasteiger charge is 2.14. The summed E-state index contributed by atoms with van der Waals surface area (Å²) in [5, 5.41) is 0. The number of rotatable bonds is 2. The van der Waals surface area contributed by atoms with Crippen molar-refractivity contribution in [1.82, 2.24) is 4.57 Å². The van der Waals surface area contributed by atoms with Gasteiger partial charge in [-0.15, -0.1) is 0 Å². The standard InChI is InChI=1S/C15H10FNO4/c1-20-14(18)9-2-7-13-12(8-9)17(15(19)21-13)11-5-3-10(16)4-6-11/h2-8H,1H3. The van der Waals surface area contributed by atoms with Gasteiger partial charge < -0.3 is 9.15 Å². The van der Waals surface area contributed by atoms with E-state index in [9.17, 15) is 14.0 Å². The van der Waals surface area contributed by atoms with Crippen LogP contribution in [0.15, 0.2) is 51.7 Å². The van der Waals surface area contributed by atoms with E-state index in [1.165, 1.54) is 54.1 Å². The number of aromatic nitrogens is 1. The molecule has 0 saturated carbocycles. The summed E-state index contributed by atoms with van der Waals surface area (Å²) in [6, 6.07) is 9.91.